The van der Waals surface area contributed by atoms with Crippen LogP contribution in [0, 0.1) is 5.82 Å². The number of methoxy groups -OCH3 is 1. The lowest BCUT2D eigenvalue weighted by molar-refractivity contribution is 0.0603. The van der Waals surface area contributed by atoms with Crippen LogP contribution in [-0.2, 0) is 16.1 Å². The Morgan fingerprint density at radius 3 is 3.00 bits per heavy atom. The minimum absolute atomic E-state index is 0.126. The zero-order chi connectivity index (χ0) is 16.7. The third-order valence-corrected chi connectivity index (χ3v) is 3.96. The molecular formula is C17H25FN2O3. The molecule has 1 fully saturated rings. The van der Waals surface area contributed by atoms with Crippen molar-refractivity contribution in [1.29, 1.82) is 0 Å². The van der Waals surface area contributed by atoms with Crippen molar-refractivity contribution in [3.63, 3.8) is 0 Å². The van der Waals surface area contributed by atoms with Crippen LogP contribution in [0.2, 0.25) is 0 Å². The Morgan fingerprint density at radius 2 is 2.26 bits per heavy atom. The van der Waals surface area contributed by atoms with E-state index >= 15 is 0 Å². The fourth-order valence-corrected chi connectivity index (χ4v) is 2.68. The first-order valence-corrected chi connectivity index (χ1v) is 7.99. The van der Waals surface area contributed by atoms with Crippen LogP contribution >= 0.6 is 0 Å². The van der Waals surface area contributed by atoms with Gasteiger partial charge >= 0.3 is 0 Å². The van der Waals surface area contributed by atoms with Gasteiger partial charge in [-0.25, -0.2) is 4.39 Å². The Balaban J connectivity index is 1.94. The van der Waals surface area contributed by atoms with Crippen molar-refractivity contribution in [2.45, 2.75) is 38.5 Å². The molecule has 2 N–H and O–H groups in total. The van der Waals surface area contributed by atoms with E-state index in [2.05, 4.69) is 17.6 Å². The average molecular weight is 324 g/mol. The molecule has 1 saturated heterocycles. The minimum atomic E-state index is -0.366. The fraction of sp³-hybridized carbons (Fsp3) is 0.588. The van der Waals surface area contributed by atoms with Crippen LogP contribution in [0.3, 0.4) is 0 Å². The second-order valence-corrected chi connectivity index (χ2v) is 5.90. The molecule has 0 aromatic heterocycles. The zero-order valence-corrected chi connectivity index (χ0v) is 13.7. The molecule has 1 aromatic carbocycles. The van der Waals surface area contributed by atoms with Gasteiger partial charge in [0.25, 0.3) is 5.91 Å². The molecule has 1 heterocycles. The van der Waals surface area contributed by atoms with Gasteiger partial charge in [0, 0.05) is 30.3 Å². The SMILES string of the molecule is COCCOCc1cc(C(=O)NC2CCNC(C)C2)ccc1F. The van der Waals surface area contributed by atoms with Crippen LogP contribution < -0.4 is 10.6 Å². The van der Waals surface area contributed by atoms with Gasteiger partial charge in [-0.1, -0.05) is 0 Å². The summed E-state index contributed by atoms with van der Waals surface area (Å²) in [5.41, 5.74) is 0.843. The summed E-state index contributed by atoms with van der Waals surface area (Å²) < 4.78 is 24.0. The summed E-state index contributed by atoms with van der Waals surface area (Å²) in [6.45, 7) is 3.97. The number of halogens is 1. The minimum Gasteiger partial charge on any atom is -0.382 e. The van der Waals surface area contributed by atoms with Crippen molar-refractivity contribution in [2.24, 2.45) is 0 Å². The lowest BCUT2D eigenvalue weighted by Crippen LogP contribution is -2.46. The highest BCUT2D eigenvalue weighted by molar-refractivity contribution is 5.94. The second kappa shape index (κ2) is 8.96. The van der Waals surface area contributed by atoms with Gasteiger partial charge < -0.3 is 20.1 Å². The number of nitrogens with one attached hydrogen (secondary N) is 2. The molecule has 23 heavy (non-hydrogen) atoms. The Morgan fingerprint density at radius 1 is 1.43 bits per heavy atom. The van der Waals surface area contributed by atoms with Gasteiger partial charge in [-0.05, 0) is 44.5 Å². The number of carbonyl (C=O) groups excluding carboxylic acids is 1. The zero-order valence-electron chi connectivity index (χ0n) is 13.7. The number of ether oxygens (including phenoxy) is 2. The van der Waals surface area contributed by atoms with Crippen LogP contribution in [-0.4, -0.2) is 44.9 Å². The van der Waals surface area contributed by atoms with Gasteiger partial charge in [0.05, 0.1) is 19.8 Å². The molecule has 0 saturated carbocycles. The summed E-state index contributed by atoms with van der Waals surface area (Å²) in [5, 5.41) is 6.37. The highest BCUT2D eigenvalue weighted by atomic mass is 19.1. The summed E-state index contributed by atoms with van der Waals surface area (Å²) in [7, 11) is 1.58. The van der Waals surface area contributed by atoms with Crippen LogP contribution in [0.1, 0.15) is 35.7 Å². The van der Waals surface area contributed by atoms with E-state index in [0.717, 1.165) is 19.4 Å². The number of hydrogen-bond donors (Lipinski definition) is 2. The largest absolute Gasteiger partial charge is 0.382 e. The third kappa shape index (κ3) is 5.57. The highest BCUT2D eigenvalue weighted by Gasteiger charge is 2.20. The van der Waals surface area contributed by atoms with Gasteiger partial charge in [0.1, 0.15) is 5.82 Å². The first-order valence-electron chi connectivity index (χ1n) is 7.99. The lowest BCUT2D eigenvalue weighted by atomic mass is 10.00. The predicted molar refractivity (Wildman–Crippen MR) is 85.9 cm³/mol. The van der Waals surface area contributed by atoms with Gasteiger partial charge in [-0.2, -0.15) is 0 Å². The molecule has 2 unspecified atom stereocenters. The molecule has 128 valence electrons. The predicted octanol–water partition coefficient (Wildman–Crippen LogP) is 1.86. The van der Waals surface area contributed by atoms with Crippen molar-refractivity contribution < 1.29 is 18.7 Å². The molecule has 0 radical (unpaired) electrons. The number of piperidine rings is 1. The topological polar surface area (TPSA) is 59.6 Å². The van der Waals surface area contributed by atoms with Crippen molar-refractivity contribution in [2.75, 3.05) is 26.9 Å². The summed E-state index contributed by atoms with van der Waals surface area (Å²) in [6, 6.07) is 4.93. The average Bonchev–Trinajstić information content (AvgIpc) is 2.53. The van der Waals surface area contributed by atoms with Gasteiger partial charge in [-0.15, -0.1) is 0 Å². The van der Waals surface area contributed by atoms with E-state index in [-0.39, 0.29) is 24.4 Å². The number of amides is 1. The smallest absolute Gasteiger partial charge is 0.251 e. The molecule has 0 bridgehead atoms. The fourth-order valence-electron chi connectivity index (χ4n) is 2.68. The van der Waals surface area contributed by atoms with Crippen LogP contribution in [0.15, 0.2) is 18.2 Å². The van der Waals surface area contributed by atoms with E-state index in [0.29, 0.717) is 30.4 Å². The van der Waals surface area contributed by atoms with Crippen molar-refractivity contribution in [3.8, 4) is 0 Å². The normalized spacial score (nSPS) is 21.2. The number of hydrogen-bond acceptors (Lipinski definition) is 4. The maximum atomic E-state index is 13.8. The second-order valence-electron chi connectivity index (χ2n) is 5.90. The summed E-state index contributed by atoms with van der Waals surface area (Å²) in [5.74, 6) is -0.531. The molecule has 1 aliphatic rings. The van der Waals surface area contributed by atoms with Crippen LogP contribution in [0.5, 0.6) is 0 Å². The third-order valence-electron chi connectivity index (χ3n) is 3.96. The van der Waals surface area contributed by atoms with E-state index in [1.807, 2.05) is 0 Å². The Bertz CT molecular complexity index is 525. The quantitative estimate of drug-likeness (QED) is 0.752. The monoisotopic (exact) mass is 324 g/mol. The van der Waals surface area contributed by atoms with Gasteiger partial charge in [0.15, 0.2) is 0 Å². The molecule has 1 aliphatic heterocycles. The molecule has 1 aromatic rings. The van der Waals surface area contributed by atoms with Crippen molar-refractivity contribution >= 4 is 5.91 Å². The molecule has 0 aliphatic carbocycles. The van der Waals surface area contributed by atoms with Gasteiger partial charge in [0.2, 0.25) is 0 Å². The number of carbonyl (C=O) groups is 1. The molecule has 5 nitrogen and oxygen atoms in total. The first kappa shape index (κ1) is 17.8. The first-order chi connectivity index (χ1) is 11.1. The standard InChI is InChI=1S/C17H25FN2O3/c1-12-9-15(5-6-19-12)20-17(21)13-3-4-16(18)14(10-13)11-23-8-7-22-2/h3-4,10,12,15,19H,5-9,11H2,1-2H3,(H,20,21). The maximum absolute atomic E-state index is 13.8. The molecule has 0 spiro atoms. The summed E-state index contributed by atoms with van der Waals surface area (Å²) in [6.07, 6.45) is 1.81. The van der Waals surface area contributed by atoms with E-state index in [9.17, 15) is 9.18 Å². The van der Waals surface area contributed by atoms with Crippen molar-refractivity contribution in [3.05, 3.63) is 35.1 Å². The molecule has 2 atom stereocenters. The van der Waals surface area contributed by atoms with E-state index in [1.165, 1.54) is 12.1 Å². The Kier molecular flexibility index (Phi) is 6.95. The Labute approximate surface area is 136 Å². The van der Waals surface area contributed by atoms with Crippen LogP contribution in [0.25, 0.3) is 0 Å². The lowest BCUT2D eigenvalue weighted by Gasteiger charge is -2.28. The van der Waals surface area contributed by atoms with E-state index in [1.54, 1.807) is 13.2 Å². The van der Waals surface area contributed by atoms with E-state index in [4.69, 9.17) is 9.47 Å². The summed E-state index contributed by atoms with van der Waals surface area (Å²) in [4.78, 5) is 12.3. The van der Waals surface area contributed by atoms with Crippen LogP contribution in [0.4, 0.5) is 4.39 Å². The molecule has 1 amide bonds. The molecule has 6 heteroatoms. The van der Waals surface area contributed by atoms with E-state index < -0.39 is 0 Å². The molecular weight excluding hydrogens is 299 g/mol. The molecule has 2 rings (SSSR count). The highest BCUT2D eigenvalue weighted by Crippen LogP contribution is 2.14. The summed E-state index contributed by atoms with van der Waals surface area (Å²) >= 11 is 0. The maximum Gasteiger partial charge on any atom is 0.251 e. The number of benzene rings is 1. The Hall–Kier alpha value is -1.50. The van der Waals surface area contributed by atoms with Gasteiger partial charge in [-0.3, -0.25) is 4.79 Å². The van der Waals surface area contributed by atoms with Crippen molar-refractivity contribution in [1.82, 2.24) is 10.6 Å². The number of rotatable bonds is 7.